The molecule has 7 nitrogen and oxygen atoms in total. The van der Waals surface area contributed by atoms with E-state index in [9.17, 15) is 19.7 Å². The van der Waals surface area contributed by atoms with Gasteiger partial charge < -0.3 is 10.6 Å². The Morgan fingerprint density at radius 2 is 1.72 bits per heavy atom. The molecule has 0 saturated heterocycles. The van der Waals surface area contributed by atoms with Crippen LogP contribution in [0.4, 0.5) is 17.1 Å². The number of nitrogens with zero attached hydrogens (tertiary/aromatic N) is 1. The van der Waals surface area contributed by atoms with Gasteiger partial charge in [0.2, 0.25) is 5.91 Å². The Morgan fingerprint density at radius 1 is 1.08 bits per heavy atom. The predicted octanol–water partition coefficient (Wildman–Crippen LogP) is 3.44. The molecule has 2 amide bonds. The molecule has 0 heterocycles. The number of hydrogen-bond donors (Lipinski definition) is 2. The number of nitro benzene ring substituents is 1. The number of nitro groups is 1. The van der Waals surface area contributed by atoms with E-state index in [-0.39, 0.29) is 17.5 Å². The van der Waals surface area contributed by atoms with Crippen LogP contribution in [-0.4, -0.2) is 16.7 Å². The van der Waals surface area contributed by atoms with Gasteiger partial charge in [0.05, 0.1) is 4.92 Å². The van der Waals surface area contributed by atoms with Gasteiger partial charge in [-0.3, -0.25) is 19.7 Å². The van der Waals surface area contributed by atoms with E-state index in [4.69, 9.17) is 0 Å². The van der Waals surface area contributed by atoms with Crippen molar-refractivity contribution in [3.8, 4) is 0 Å². The highest BCUT2D eigenvalue weighted by Crippen LogP contribution is 2.38. The summed E-state index contributed by atoms with van der Waals surface area (Å²) >= 11 is 0. The Bertz CT molecular complexity index is 850. The van der Waals surface area contributed by atoms with Gasteiger partial charge in [0.1, 0.15) is 0 Å². The van der Waals surface area contributed by atoms with Gasteiger partial charge in [0.15, 0.2) is 0 Å². The maximum Gasteiger partial charge on any atom is 0.271 e. The lowest BCUT2D eigenvalue weighted by Crippen LogP contribution is -2.16. The summed E-state index contributed by atoms with van der Waals surface area (Å²) in [7, 11) is 0. The van der Waals surface area contributed by atoms with Crippen LogP contribution in [0.1, 0.15) is 23.7 Å². The Hall–Kier alpha value is -3.22. The van der Waals surface area contributed by atoms with Crippen molar-refractivity contribution in [3.63, 3.8) is 0 Å². The van der Waals surface area contributed by atoms with Crippen LogP contribution in [0, 0.1) is 22.0 Å². The third kappa shape index (κ3) is 4.00. The molecule has 2 atom stereocenters. The minimum atomic E-state index is -0.523. The molecule has 1 saturated carbocycles. The smallest absolute Gasteiger partial charge is 0.271 e. The topological polar surface area (TPSA) is 101 Å². The van der Waals surface area contributed by atoms with Crippen LogP contribution in [0.15, 0.2) is 48.5 Å². The van der Waals surface area contributed by atoms with E-state index in [2.05, 4.69) is 10.6 Å². The largest absolute Gasteiger partial charge is 0.326 e. The fourth-order valence-corrected chi connectivity index (χ4v) is 2.56. The first-order valence-electron chi connectivity index (χ1n) is 7.91. The lowest BCUT2D eigenvalue weighted by molar-refractivity contribution is -0.384. The summed E-state index contributed by atoms with van der Waals surface area (Å²) in [6.07, 6.45) is 0.888. The molecule has 2 N–H and O–H groups in total. The molecule has 3 rings (SSSR count). The number of carbonyl (C=O) groups excluding carboxylic acids is 2. The number of rotatable bonds is 5. The van der Waals surface area contributed by atoms with Crippen molar-refractivity contribution in [2.75, 3.05) is 10.6 Å². The first-order chi connectivity index (χ1) is 11.9. The van der Waals surface area contributed by atoms with Gasteiger partial charge in [-0.1, -0.05) is 19.1 Å². The molecule has 2 aromatic rings. The third-order valence-corrected chi connectivity index (χ3v) is 4.15. The average molecular weight is 339 g/mol. The standard InChI is InChI=1S/C18H17N3O4/c1-11-8-16(11)18(23)20-13-5-2-4-12(9-13)17(22)19-14-6-3-7-15(10-14)21(24)25/h2-7,9-11,16H,8H2,1H3,(H,19,22)(H,20,23)/t11-,16+/m0/s1. The molecule has 0 unspecified atom stereocenters. The van der Waals surface area contributed by atoms with Crippen molar-refractivity contribution in [3.05, 3.63) is 64.2 Å². The van der Waals surface area contributed by atoms with Crippen LogP contribution >= 0.6 is 0 Å². The quantitative estimate of drug-likeness (QED) is 0.643. The molecule has 0 aromatic heterocycles. The molecule has 0 aliphatic heterocycles. The minimum absolute atomic E-state index is 0.0382. The highest BCUT2D eigenvalue weighted by Gasteiger charge is 2.39. The molecule has 7 heteroatoms. The van der Waals surface area contributed by atoms with Gasteiger partial charge >= 0.3 is 0 Å². The maximum atomic E-state index is 12.3. The van der Waals surface area contributed by atoms with Crippen LogP contribution in [-0.2, 0) is 4.79 Å². The summed E-state index contributed by atoms with van der Waals surface area (Å²) < 4.78 is 0. The number of benzene rings is 2. The summed E-state index contributed by atoms with van der Waals surface area (Å²) in [6.45, 7) is 2.02. The monoisotopic (exact) mass is 339 g/mol. The number of non-ortho nitro benzene ring substituents is 1. The molecule has 1 fully saturated rings. The summed E-state index contributed by atoms with van der Waals surface area (Å²) in [5.41, 5.74) is 1.14. The Kier molecular flexibility index (Phi) is 4.47. The zero-order chi connectivity index (χ0) is 18.0. The number of nitrogens with one attached hydrogen (secondary N) is 2. The molecule has 25 heavy (non-hydrogen) atoms. The molecular weight excluding hydrogens is 322 g/mol. The molecule has 1 aliphatic carbocycles. The Balaban J connectivity index is 1.70. The second kappa shape index (κ2) is 6.72. The first kappa shape index (κ1) is 16.6. The molecule has 128 valence electrons. The van der Waals surface area contributed by atoms with Crippen LogP contribution < -0.4 is 10.6 Å². The molecule has 0 radical (unpaired) electrons. The van der Waals surface area contributed by atoms with E-state index < -0.39 is 10.8 Å². The third-order valence-electron chi connectivity index (χ3n) is 4.15. The Labute approximate surface area is 144 Å². The maximum absolute atomic E-state index is 12.3. The van der Waals surface area contributed by atoms with Crippen molar-refractivity contribution < 1.29 is 14.5 Å². The molecule has 2 aromatic carbocycles. The van der Waals surface area contributed by atoms with E-state index in [1.807, 2.05) is 6.92 Å². The fourth-order valence-electron chi connectivity index (χ4n) is 2.56. The minimum Gasteiger partial charge on any atom is -0.326 e. The molecule has 0 bridgehead atoms. The van der Waals surface area contributed by atoms with Gasteiger partial charge in [-0.25, -0.2) is 0 Å². The molecular formula is C18H17N3O4. The van der Waals surface area contributed by atoms with Gasteiger partial charge in [-0.05, 0) is 36.6 Å². The van der Waals surface area contributed by atoms with Gasteiger partial charge in [-0.15, -0.1) is 0 Å². The predicted molar refractivity (Wildman–Crippen MR) is 93.4 cm³/mol. The van der Waals surface area contributed by atoms with Crippen molar-refractivity contribution >= 4 is 28.9 Å². The summed E-state index contributed by atoms with van der Waals surface area (Å²) in [6, 6.07) is 12.3. The van der Waals surface area contributed by atoms with Crippen LogP contribution in [0.3, 0.4) is 0 Å². The van der Waals surface area contributed by atoms with Crippen LogP contribution in [0.25, 0.3) is 0 Å². The van der Waals surface area contributed by atoms with E-state index in [0.717, 1.165) is 6.42 Å². The molecule has 1 aliphatic rings. The second-order valence-electron chi connectivity index (χ2n) is 6.15. The summed E-state index contributed by atoms with van der Waals surface area (Å²) in [4.78, 5) is 34.6. The Morgan fingerprint density at radius 3 is 2.36 bits per heavy atom. The molecule has 0 spiro atoms. The zero-order valence-electron chi connectivity index (χ0n) is 13.6. The zero-order valence-corrected chi connectivity index (χ0v) is 13.6. The van der Waals surface area contributed by atoms with Gasteiger partial charge in [-0.2, -0.15) is 0 Å². The fraction of sp³-hybridized carbons (Fsp3) is 0.222. The van der Waals surface area contributed by atoms with Crippen molar-refractivity contribution in [2.24, 2.45) is 11.8 Å². The summed E-state index contributed by atoms with van der Waals surface area (Å²) in [5, 5.41) is 16.2. The number of hydrogen-bond acceptors (Lipinski definition) is 4. The lowest BCUT2D eigenvalue weighted by Gasteiger charge is -2.08. The normalized spacial score (nSPS) is 18.3. The van der Waals surface area contributed by atoms with E-state index in [1.54, 1.807) is 30.3 Å². The van der Waals surface area contributed by atoms with Gasteiger partial charge in [0, 0.05) is 35.0 Å². The van der Waals surface area contributed by atoms with E-state index in [1.165, 1.54) is 18.2 Å². The van der Waals surface area contributed by atoms with Crippen LogP contribution in [0.2, 0.25) is 0 Å². The highest BCUT2D eigenvalue weighted by molar-refractivity contribution is 6.05. The number of amides is 2. The van der Waals surface area contributed by atoms with E-state index in [0.29, 0.717) is 22.9 Å². The van der Waals surface area contributed by atoms with Gasteiger partial charge in [0.25, 0.3) is 11.6 Å². The SMILES string of the molecule is C[C@H]1C[C@H]1C(=O)Nc1cccc(C(=O)Nc2cccc([N+](=O)[O-])c2)c1. The number of carbonyl (C=O) groups is 2. The van der Waals surface area contributed by atoms with Crippen molar-refractivity contribution in [2.45, 2.75) is 13.3 Å². The first-order valence-corrected chi connectivity index (χ1v) is 7.91. The van der Waals surface area contributed by atoms with Crippen molar-refractivity contribution in [1.82, 2.24) is 0 Å². The van der Waals surface area contributed by atoms with E-state index >= 15 is 0 Å². The number of anilines is 2. The highest BCUT2D eigenvalue weighted by atomic mass is 16.6. The lowest BCUT2D eigenvalue weighted by atomic mass is 10.1. The van der Waals surface area contributed by atoms with Crippen molar-refractivity contribution in [1.29, 1.82) is 0 Å². The van der Waals surface area contributed by atoms with Crippen LogP contribution in [0.5, 0.6) is 0 Å². The summed E-state index contributed by atoms with van der Waals surface area (Å²) in [5.74, 6) is 0.00262. The second-order valence-corrected chi connectivity index (χ2v) is 6.15. The average Bonchev–Trinajstić information content (AvgIpc) is 3.32.